The standard InChI is InChI=1S/C17H15ClN6O/c1-8-4-5-24(23-8)17-14(21-10(3)16(19)22-17)11-6-12(18)15-13(9(11)2)20-7-25-15/h4-7H,1-3H3,(H2,19,22). The van der Waals surface area contributed by atoms with Gasteiger partial charge < -0.3 is 10.2 Å². The first kappa shape index (κ1) is 15.6. The molecule has 25 heavy (non-hydrogen) atoms. The van der Waals surface area contributed by atoms with Gasteiger partial charge in [-0.05, 0) is 38.5 Å². The summed E-state index contributed by atoms with van der Waals surface area (Å²) in [6, 6.07) is 3.70. The van der Waals surface area contributed by atoms with E-state index in [1.165, 1.54) is 6.39 Å². The normalized spacial score (nSPS) is 11.4. The average Bonchev–Trinajstić information content (AvgIpc) is 3.22. The Morgan fingerprint density at radius 2 is 2.00 bits per heavy atom. The Morgan fingerprint density at radius 1 is 1.20 bits per heavy atom. The number of hydrogen-bond acceptors (Lipinski definition) is 6. The first-order valence-corrected chi connectivity index (χ1v) is 8.03. The number of nitrogens with zero attached hydrogens (tertiary/aromatic N) is 5. The van der Waals surface area contributed by atoms with Gasteiger partial charge in [0.1, 0.15) is 17.0 Å². The van der Waals surface area contributed by atoms with Crippen molar-refractivity contribution < 1.29 is 4.42 Å². The highest BCUT2D eigenvalue weighted by Gasteiger charge is 2.20. The molecule has 0 saturated carbocycles. The Labute approximate surface area is 148 Å². The summed E-state index contributed by atoms with van der Waals surface area (Å²) in [7, 11) is 0. The fraction of sp³-hybridized carbons (Fsp3) is 0.176. The van der Waals surface area contributed by atoms with Crippen LogP contribution in [0.3, 0.4) is 0 Å². The van der Waals surface area contributed by atoms with E-state index in [2.05, 4.69) is 20.1 Å². The van der Waals surface area contributed by atoms with E-state index in [9.17, 15) is 0 Å². The summed E-state index contributed by atoms with van der Waals surface area (Å²) in [5.74, 6) is 0.899. The number of rotatable bonds is 2. The molecule has 4 aromatic rings. The molecule has 3 aromatic heterocycles. The van der Waals surface area contributed by atoms with E-state index in [-0.39, 0.29) is 0 Å². The molecule has 0 aliphatic heterocycles. The first-order valence-electron chi connectivity index (χ1n) is 7.65. The maximum absolute atomic E-state index is 6.37. The SMILES string of the molecule is Cc1ccn(-c2nc(N)c(C)nc2-c2cc(Cl)c3ocnc3c2C)n1. The fourth-order valence-electron chi connectivity index (χ4n) is 2.75. The van der Waals surface area contributed by atoms with Crippen molar-refractivity contribution in [3.05, 3.63) is 46.7 Å². The molecule has 0 amide bonds. The number of oxazole rings is 1. The summed E-state index contributed by atoms with van der Waals surface area (Å²) in [6.07, 6.45) is 3.20. The van der Waals surface area contributed by atoms with Crippen molar-refractivity contribution in [3.63, 3.8) is 0 Å². The highest BCUT2D eigenvalue weighted by atomic mass is 35.5. The van der Waals surface area contributed by atoms with E-state index < -0.39 is 0 Å². The number of fused-ring (bicyclic) bond motifs is 1. The molecule has 0 radical (unpaired) electrons. The van der Waals surface area contributed by atoms with E-state index in [0.717, 1.165) is 16.8 Å². The zero-order chi connectivity index (χ0) is 17.7. The predicted octanol–water partition coefficient (Wildman–Crippen LogP) is 3.63. The van der Waals surface area contributed by atoms with Gasteiger partial charge in [-0.25, -0.2) is 19.6 Å². The number of anilines is 1. The van der Waals surface area contributed by atoms with E-state index >= 15 is 0 Å². The Hall–Kier alpha value is -2.93. The van der Waals surface area contributed by atoms with Gasteiger partial charge in [0.2, 0.25) is 0 Å². The second-order valence-electron chi connectivity index (χ2n) is 5.83. The summed E-state index contributed by atoms with van der Waals surface area (Å²) in [5, 5.41) is 4.90. The molecule has 0 aliphatic rings. The minimum absolute atomic E-state index is 0.359. The molecule has 1 aromatic carbocycles. The quantitative estimate of drug-likeness (QED) is 0.590. The average molecular weight is 355 g/mol. The van der Waals surface area contributed by atoms with Crippen LogP contribution in [0.1, 0.15) is 17.0 Å². The molecule has 2 N–H and O–H groups in total. The van der Waals surface area contributed by atoms with Crippen LogP contribution in [0, 0.1) is 20.8 Å². The molecule has 0 bridgehead atoms. The number of nitrogen functional groups attached to an aromatic ring is 1. The van der Waals surface area contributed by atoms with Crippen molar-refractivity contribution in [2.45, 2.75) is 20.8 Å². The zero-order valence-electron chi connectivity index (χ0n) is 13.9. The van der Waals surface area contributed by atoms with Crippen LogP contribution >= 0.6 is 11.6 Å². The number of benzene rings is 1. The van der Waals surface area contributed by atoms with Crippen LogP contribution in [0.2, 0.25) is 5.02 Å². The van der Waals surface area contributed by atoms with Gasteiger partial charge in [-0.1, -0.05) is 11.6 Å². The van der Waals surface area contributed by atoms with Crippen molar-refractivity contribution in [2.75, 3.05) is 5.73 Å². The topological polar surface area (TPSA) is 95.7 Å². The second-order valence-corrected chi connectivity index (χ2v) is 6.24. The van der Waals surface area contributed by atoms with E-state index in [0.29, 0.717) is 39.1 Å². The molecule has 0 spiro atoms. The maximum Gasteiger partial charge on any atom is 0.182 e. The van der Waals surface area contributed by atoms with Crippen LogP contribution in [0.25, 0.3) is 28.2 Å². The predicted molar refractivity (Wildman–Crippen MR) is 95.8 cm³/mol. The molecule has 4 rings (SSSR count). The summed E-state index contributed by atoms with van der Waals surface area (Å²) in [6.45, 7) is 5.67. The van der Waals surface area contributed by atoms with Crippen molar-refractivity contribution in [1.82, 2.24) is 24.7 Å². The molecule has 0 fully saturated rings. The minimum atomic E-state index is 0.359. The molecule has 0 unspecified atom stereocenters. The lowest BCUT2D eigenvalue weighted by molar-refractivity contribution is 0.602. The Bertz CT molecular complexity index is 1110. The van der Waals surface area contributed by atoms with Crippen LogP contribution in [0.15, 0.2) is 29.1 Å². The third-order valence-corrected chi connectivity index (χ3v) is 4.38. The molecular formula is C17H15ClN6O. The largest absolute Gasteiger partial charge is 0.442 e. The summed E-state index contributed by atoms with van der Waals surface area (Å²) in [5.41, 5.74) is 11.1. The molecule has 126 valence electrons. The molecule has 8 heteroatoms. The van der Waals surface area contributed by atoms with Crippen molar-refractivity contribution in [2.24, 2.45) is 0 Å². The number of nitrogens with two attached hydrogens (primary N) is 1. The Morgan fingerprint density at radius 3 is 2.72 bits per heavy atom. The lowest BCUT2D eigenvalue weighted by atomic mass is 10.0. The van der Waals surface area contributed by atoms with Gasteiger partial charge in [0.15, 0.2) is 17.8 Å². The zero-order valence-corrected chi connectivity index (χ0v) is 14.7. The molecule has 0 atom stereocenters. The van der Waals surface area contributed by atoms with Gasteiger partial charge in [-0.3, -0.25) is 0 Å². The summed E-state index contributed by atoms with van der Waals surface area (Å²) >= 11 is 6.37. The highest BCUT2D eigenvalue weighted by Crippen LogP contribution is 2.35. The summed E-state index contributed by atoms with van der Waals surface area (Å²) in [4.78, 5) is 13.4. The number of hydrogen-bond donors (Lipinski definition) is 1. The first-order chi connectivity index (χ1) is 12.0. The van der Waals surface area contributed by atoms with Gasteiger partial charge in [0.05, 0.1) is 16.4 Å². The van der Waals surface area contributed by atoms with Crippen molar-refractivity contribution in [3.8, 4) is 17.1 Å². The highest BCUT2D eigenvalue weighted by molar-refractivity contribution is 6.35. The van der Waals surface area contributed by atoms with Crippen LogP contribution in [-0.2, 0) is 0 Å². The summed E-state index contributed by atoms with van der Waals surface area (Å²) < 4.78 is 7.03. The van der Waals surface area contributed by atoms with Crippen LogP contribution < -0.4 is 5.73 Å². The minimum Gasteiger partial charge on any atom is -0.442 e. The van der Waals surface area contributed by atoms with Gasteiger partial charge in [0.25, 0.3) is 0 Å². The second kappa shape index (κ2) is 5.56. The number of aryl methyl sites for hydroxylation is 3. The van der Waals surface area contributed by atoms with Crippen molar-refractivity contribution in [1.29, 1.82) is 0 Å². The Balaban J connectivity index is 2.06. The van der Waals surface area contributed by atoms with Gasteiger partial charge in [-0.2, -0.15) is 5.10 Å². The van der Waals surface area contributed by atoms with Gasteiger partial charge in [0, 0.05) is 11.8 Å². The number of halogens is 1. The lowest BCUT2D eigenvalue weighted by Crippen LogP contribution is -2.09. The molecule has 7 nitrogen and oxygen atoms in total. The number of aromatic nitrogens is 5. The van der Waals surface area contributed by atoms with Crippen LogP contribution in [0.4, 0.5) is 5.82 Å². The Kier molecular flexibility index (Phi) is 3.47. The maximum atomic E-state index is 6.37. The molecule has 0 saturated heterocycles. The lowest BCUT2D eigenvalue weighted by Gasteiger charge is -2.13. The van der Waals surface area contributed by atoms with Gasteiger partial charge >= 0.3 is 0 Å². The fourth-order valence-corrected chi connectivity index (χ4v) is 3.00. The van der Waals surface area contributed by atoms with E-state index in [1.807, 2.05) is 39.1 Å². The third-order valence-electron chi connectivity index (χ3n) is 4.10. The van der Waals surface area contributed by atoms with Gasteiger partial charge in [-0.15, -0.1) is 0 Å². The molecule has 0 aliphatic carbocycles. The monoisotopic (exact) mass is 354 g/mol. The van der Waals surface area contributed by atoms with Crippen LogP contribution in [-0.4, -0.2) is 24.7 Å². The van der Waals surface area contributed by atoms with E-state index in [4.69, 9.17) is 21.8 Å². The van der Waals surface area contributed by atoms with Crippen LogP contribution in [0.5, 0.6) is 0 Å². The molecule has 3 heterocycles. The van der Waals surface area contributed by atoms with Crippen molar-refractivity contribution >= 4 is 28.5 Å². The third kappa shape index (κ3) is 2.44. The van der Waals surface area contributed by atoms with E-state index in [1.54, 1.807) is 4.68 Å². The molecular weight excluding hydrogens is 340 g/mol. The smallest absolute Gasteiger partial charge is 0.182 e.